The molecule has 0 radical (unpaired) electrons. The molecule has 114 valence electrons. The Morgan fingerprint density at radius 1 is 1.43 bits per heavy atom. The number of hydrogen-bond donors (Lipinski definition) is 2. The number of para-hydroxylation sites is 1. The molecule has 1 heterocycles. The Hall–Kier alpha value is -1.95. The lowest BCUT2D eigenvalue weighted by Gasteiger charge is -2.36. The standard InChI is InChI=1S/C15H19FN2O3/c1-10-5-4-8-18(14(10)15(20)21)9-13(19)17-12-7-3-2-6-11(12)16/h2-3,6-7,10,14H,4-5,8-9H2,1H3,(H,17,19)(H,20,21). The van der Waals surface area contributed by atoms with Gasteiger partial charge in [0.25, 0.3) is 0 Å². The highest BCUT2D eigenvalue weighted by molar-refractivity contribution is 5.92. The van der Waals surface area contributed by atoms with Gasteiger partial charge in [-0.2, -0.15) is 0 Å². The van der Waals surface area contributed by atoms with E-state index >= 15 is 0 Å². The fraction of sp³-hybridized carbons (Fsp3) is 0.467. The van der Waals surface area contributed by atoms with E-state index in [4.69, 9.17) is 0 Å². The topological polar surface area (TPSA) is 69.6 Å². The van der Waals surface area contributed by atoms with Crippen LogP contribution < -0.4 is 5.32 Å². The Morgan fingerprint density at radius 3 is 2.81 bits per heavy atom. The summed E-state index contributed by atoms with van der Waals surface area (Å²) >= 11 is 0. The van der Waals surface area contributed by atoms with Gasteiger partial charge >= 0.3 is 5.97 Å². The summed E-state index contributed by atoms with van der Waals surface area (Å²) in [5, 5.41) is 11.8. The van der Waals surface area contributed by atoms with Gasteiger partial charge in [-0.1, -0.05) is 19.1 Å². The van der Waals surface area contributed by atoms with E-state index in [2.05, 4.69) is 5.32 Å². The summed E-state index contributed by atoms with van der Waals surface area (Å²) in [7, 11) is 0. The van der Waals surface area contributed by atoms with Crippen LogP contribution in [0.3, 0.4) is 0 Å². The Bertz CT molecular complexity index is 535. The maximum atomic E-state index is 13.5. The molecule has 2 unspecified atom stereocenters. The number of hydrogen-bond acceptors (Lipinski definition) is 3. The largest absolute Gasteiger partial charge is 0.480 e. The Kier molecular flexibility index (Phi) is 4.90. The number of nitrogens with one attached hydrogen (secondary N) is 1. The zero-order valence-electron chi connectivity index (χ0n) is 11.9. The predicted molar refractivity (Wildman–Crippen MR) is 76.4 cm³/mol. The number of halogens is 1. The first-order valence-electron chi connectivity index (χ1n) is 7.00. The second-order valence-electron chi connectivity index (χ2n) is 5.40. The third-order valence-corrected chi connectivity index (χ3v) is 3.78. The molecule has 2 rings (SSSR count). The third kappa shape index (κ3) is 3.78. The van der Waals surface area contributed by atoms with Crippen LogP contribution in [0.15, 0.2) is 24.3 Å². The van der Waals surface area contributed by atoms with Crippen LogP contribution in [-0.4, -0.2) is 41.0 Å². The van der Waals surface area contributed by atoms with Gasteiger partial charge in [0.1, 0.15) is 11.9 Å². The molecule has 2 atom stereocenters. The number of carbonyl (C=O) groups is 2. The monoisotopic (exact) mass is 294 g/mol. The number of carbonyl (C=O) groups excluding carboxylic acids is 1. The lowest BCUT2D eigenvalue weighted by Crippen LogP contribution is -2.51. The van der Waals surface area contributed by atoms with Crippen LogP contribution in [0.1, 0.15) is 19.8 Å². The lowest BCUT2D eigenvalue weighted by molar-refractivity contribution is -0.147. The highest BCUT2D eigenvalue weighted by Gasteiger charge is 2.35. The van der Waals surface area contributed by atoms with Crippen molar-refractivity contribution < 1.29 is 19.1 Å². The second kappa shape index (κ2) is 6.67. The molecule has 21 heavy (non-hydrogen) atoms. The van der Waals surface area contributed by atoms with Crippen molar-refractivity contribution in [1.29, 1.82) is 0 Å². The molecule has 1 aromatic rings. The minimum absolute atomic E-state index is 0.00230. The number of anilines is 1. The number of likely N-dealkylation sites (tertiary alicyclic amines) is 1. The van der Waals surface area contributed by atoms with Crippen LogP contribution in [0.25, 0.3) is 0 Å². The van der Waals surface area contributed by atoms with Crippen LogP contribution in [0.5, 0.6) is 0 Å². The van der Waals surface area contributed by atoms with Crippen molar-refractivity contribution in [3.05, 3.63) is 30.1 Å². The summed E-state index contributed by atoms with van der Waals surface area (Å²) in [5.74, 6) is -1.83. The maximum absolute atomic E-state index is 13.5. The van der Waals surface area contributed by atoms with E-state index in [1.54, 1.807) is 11.0 Å². The Morgan fingerprint density at radius 2 is 2.14 bits per heavy atom. The molecule has 1 aromatic carbocycles. The molecule has 1 saturated heterocycles. The minimum Gasteiger partial charge on any atom is -0.480 e. The number of benzene rings is 1. The summed E-state index contributed by atoms with van der Waals surface area (Å²) in [6.45, 7) is 2.39. The maximum Gasteiger partial charge on any atom is 0.321 e. The molecule has 1 amide bonds. The van der Waals surface area contributed by atoms with Crippen molar-refractivity contribution >= 4 is 17.6 Å². The van der Waals surface area contributed by atoms with E-state index in [9.17, 15) is 19.1 Å². The average Bonchev–Trinajstić information content (AvgIpc) is 2.41. The fourth-order valence-corrected chi connectivity index (χ4v) is 2.79. The number of rotatable bonds is 4. The van der Waals surface area contributed by atoms with Gasteiger partial charge in [0.15, 0.2) is 0 Å². The normalized spacial score (nSPS) is 22.8. The van der Waals surface area contributed by atoms with E-state index in [0.717, 1.165) is 12.8 Å². The van der Waals surface area contributed by atoms with Crippen molar-refractivity contribution in [3.63, 3.8) is 0 Å². The number of nitrogens with zero attached hydrogens (tertiary/aromatic N) is 1. The molecule has 1 aliphatic heterocycles. The summed E-state index contributed by atoms with van der Waals surface area (Å²) in [5.41, 5.74) is 0.111. The Labute approximate surface area is 122 Å². The number of carboxylic acid groups (broad SMARTS) is 1. The van der Waals surface area contributed by atoms with Crippen LogP contribution in [0, 0.1) is 11.7 Å². The smallest absolute Gasteiger partial charge is 0.321 e. The van der Waals surface area contributed by atoms with Crippen LogP contribution >= 0.6 is 0 Å². The molecule has 0 bridgehead atoms. The second-order valence-corrected chi connectivity index (χ2v) is 5.40. The summed E-state index contributed by atoms with van der Waals surface area (Å²) in [6, 6.07) is 5.24. The van der Waals surface area contributed by atoms with Crippen LogP contribution in [-0.2, 0) is 9.59 Å². The van der Waals surface area contributed by atoms with Gasteiger partial charge in [0.05, 0.1) is 12.2 Å². The molecular formula is C15H19FN2O3. The van der Waals surface area contributed by atoms with E-state index in [-0.39, 0.29) is 18.2 Å². The molecule has 0 spiro atoms. The van der Waals surface area contributed by atoms with Gasteiger partial charge in [-0.05, 0) is 37.4 Å². The molecule has 0 aliphatic carbocycles. The molecule has 0 aromatic heterocycles. The van der Waals surface area contributed by atoms with Gasteiger partial charge in [0, 0.05) is 0 Å². The van der Waals surface area contributed by atoms with Crippen molar-refractivity contribution in [2.45, 2.75) is 25.8 Å². The predicted octanol–water partition coefficient (Wildman–Crippen LogP) is 1.95. The zero-order valence-corrected chi connectivity index (χ0v) is 11.9. The first kappa shape index (κ1) is 15.4. The SMILES string of the molecule is CC1CCCN(CC(=O)Nc2ccccc2F)C1C(=O)O. The van der Waals surface area contributed by atoms with E-state index < -0.39 is 23.7 Å². The van der Waals surface area contributed by atoms with Gasteiger partial charge in [-0.3, -0.25) is 14.5 Å². The summed E-state index contributed by atoms with van der Waals surface area (Å²) in [4.78, 5) is 25.0. The minimum atomic E-state index is -0.916. The summed E-state index contributed by atoms with van der Waals surface area (Å²) in [6.07, 6.45) is 1.69. The number of amides is 1. The van der Waals surface area contributed by atoms with E-state index in [1.807, 2.05) is 6.92 Å². The first-order valence-corrected chi connectivity index (χ1v) is 7.00. The van der Waals surface area contributed by atoms with Crippen LogP contribution in [0.4, 0.5) is 10.1 Å². The van der Waals surface area contributed by atoms with Crippen molar-refractivity contribution in [1.82, 2.24) is 4.90 Å². The van der Waals surface area contributed by atoms with E-state index in [1.165, 1.54) is 18.2 Å². The molecule has 1 aliphatic rings. The van der Waals surface area contributed by atoms with Crippen molar-refractivity contribution in [2.75, 3.05) is 18.4 Å². The molecule has 2 N–H and O–H groups in total. The molecule has 5 nitrogen and oxygen atoms in total. The van der Waals surface area contributed by atoms with Crippen molar-refractivity contribution in [2.24, 2.45) is 5.92 Å². The van der Waals surface area contributed by atoms with Gasteiger partial charge in [0.2, 0.25) is 5.91 Å². The van der Waals surface area contributed by atoms with Gasteiger partial charge in [-0.25, -0.2) is 4.39 Å². The van der Waals surface area contributed by atoms with E-state index in [0.29, 0.717) is 6.54 Å². The number of aliphatic carboxylic acids is 1. The van der Waals surface area contributed by atoms with Crippen molar-refractivity contribution in [3.8, 4) is 0 Å². The molecular weight excluding hydrogens is 275 g/mol. The van der Waals surface area contributed by atoms with Gasteiger partial charge < -0.3 is 10.4 Å². The third-order valence-electron chi connectivity index (χ3n) is 3.78. The quantitative estimate of drug-likeness (QED) is 0.890. The van der Waals surface area contributed by atoms with Gasteiger partial charge in [-0.15, -0.1) is 0 Å². The molecule has 6 heteroatoms. The Balaban J connectivity index is 2.01. The number of piperidine rings is 1. The lowest BCUT2D eigenvalue weighted by atomic mass is 9.91. The molecule has 1 fully saturated rings. The number of carboxylic acids is 1. The highest BCUT2D eigenvalue weighted by Crippen LogP contribution is 2.23. The zero-order chi connectivity index (χ0) is 15.4. The fourth-order valence-electron chi connectivity index (χ4n) is 2.79. The molecule has 0 saturated carbocycles. The van der Waals surface area contributed by atoms with Crippen LogP contribution in [0.2, 0.25) is 0 Å². The first-order chi connectivity index (χ1) is 9.99. The highest BCUT2D eigenvalue weighted by atomic mass is 19.1. The average molecular weight is 294 g/mol. The summed E-state index contributed by atoms with van der Waals surface area (Å²) < 4.78 is 13.5.